The molecule has 1 aromatic carbocycles. The first-order valence-corrected chi connectivity index (χ1v) is 8.36. The molecular formula is C13H16ClNO4S. The first kappa shape index (κ1) is 15.3. The second-order valence-electron chi connectivity index (χ2n) is 4.81. The van der Waals surface area contributed by atoms with Gasteiger partial charge in [0.15, 0.2) is 0 Å². The Morgan fingerprint density at radius 1 is 1.35 bits per heavy atom. The van der Waals surface area contributed by atoms with Crippen LogP contribution in [0.5, 0.6) is 0 Å². The molecule has 1 saturated heterocycles. The summed E-state index contributed by atoms with van der Waals surface area (Å²) >= 11 is 5.97. The summed E-state index contributed by atoms with van der Waals surface area (Å²) in [4.78, 5) is 11.2. The highest BCUT2D eigenvalue weighted by Crippen LogP contribution is 2.25. The van der Waals surface area contributed by atoms with Crippen LogP contribution in [-0.4, -0.2) is 36.4 Å². The first-order chi connectivity index (χ1) is 9.42. The van der Waals surface area contributed by atoms with Gasteiger partial charge < -0.3 is 5.11 Å². The summed E-state index contributed by atoms with van der Waals surface area (Å²) in [6.07, 6.45) is 1.78. The quantitative estimate of drug-likeness (QED) is 0.923. The maximum atomic E-state index is 12.4. The van der Waals surface area contributed by atoms with Crippen LogP contribution in [-0.2, 0) is 20.6 Å². The molecule has 0 unspecified atom stereocenters. The second-order valence-corrected chi connectivity index (χ2v) is 7.14. The Balaban J connectivity index is 2.25. The zero-order valence-corrected chi connectivity index (χ0v) is 12.4. The predicted octanol–water partition coefficient (Wildman–Crippen LogP) is 2.11. The zero-order valence-electron chi connectivity index (χ0n) is 10.8. The molecule has 0 saturated carbocycles. The molecule has 0 bridgehead atoms. The first-order valence-electron chi connectivity index (χ1n) is 6.37. The maximum Gasteiger partial charge on any atom is 0.322 e. The number of hydrogen-bond acceptors (Lipinski definition) is 3. The average molecular weight is 318 g/mol. The van der Waals surface area contributed by atoms with E-state index in [2.05, 4.69) is 0 Å². The summed E-state index contributed by atoms with van der Waals surface area (Å²) < 4.78 is 26.0. The Kier molecular flexibility index (Phi) is 4.67. The molecule has 1 heterocycles. The summed E-state index contributed by atoms with van der Waals surface area (Å²) in [6.45, 7) is 0.254. The van der Waals surface area contributed by atoms with Crippen molar-refractivity contribution < 1.29 is 18.3 Å². The smallest absolute Gasteiger partial charge is 0.322 e. The van der Waals surface area contributed by atoms with Crippen LogP contribution < -0.4 is 0 Å². The van der Waals surface area contributed by atoms with Gasteiger partial charge in [0.25, 0.3) is 0 Å². The fraction of sp³-hybridized carbons (Fsp3) is 0.462. The minimum atomic E-state index is -3.69. The van der Waals surface area contributed by atoms with Crippen molar-refractivity contribution in [2.75, 3.05) is 6.54 Å². The molecule has 5 nitrogen and oxygen atoms in total. The van der Waals surface area contributed by atoms with Gasteiger partial charge in [0.2, 0.25) is 10.0 Å². The Bertz CT molecular complexity index is 602. The van der Waals surface area contributed by atoms with Crippen LogP contribution in [0.1, 0.15) is 24.8 Å². The molecule has 1 atom stereocenters. The Morgan fingerprint density at radius 2 is 2.05 bits per heavy atom. The van der Waals surface area contributed by atoms with Crippen molar-refractivity contribution in [2.24, 2.45) is 0 Å². The SMILES string of the molecule is O=C(O)[C@H]1CCCCN1S(=O)(=O)Cc1ccccc1Cl. The number of sulfonamides is 1. The van der Waals surface area contributed by atoms with E-state index in [-0.39, 0.29) is 12.3 Å². The number of carboxylic acids is 1. The highest BCUT2D eigenvalue weighted by atomic mass is 35.5. The van der Waals surface area contributed by atoms with Gasteiger partial charge in [-0.15, -0.1) is 0 Å². The lowest BCUT2D eigenvalue weighted by molar-refractivity contribution is -0.142. The van der Waals surface area contributed by atoms with Crippen LogP contribution in [0.2, 0.25) is 5.02 Å². The minimum absolute atomic E-state index is 0.254. The number of aliphatic carboxylic acids is 1. The van der Waals surface area contributed by atoms with Gasteiger partial charge in [-0.2, -0.15) is 4.31 Å². The molecule has 0 aromatic heterocycles. The van der Waals surface area contributed by atoms with E-state index in [0.29, 0.717) is 23.4 Å². The maximum absolute atomic E-state index is 12.4. The van der Waals surface area contributed by atoms with Gasteiger partial charge in [0.1, 0.15) is 6.04 Å². The highest BCUT2D eigenvalue weighted by molar-refractivity contribution is 7.88. The normalized spacial score (nSPS) is 20.8. The Morgan fingerprint density at radius 3 is 2.70 bits per heavy atom. The number of nitrogens with zero attached hydrogens (tertiary/aromatic N) is 1. The molecule has 1 aliphatic heterocycles. The van der Waals surface area contributed by atoms with Crippen molar-refractivity contribution in [1.29, 1.82) is 0 Å². The minimum Gasteiger partial charge on any atom is -0.480 e. The van der Waals surface area contributed by atoms with Crippen molar-refractivity contribution in [3.05, 3.63) is 34.9 Å². The van der Waals surface area contributed by atoms with Crippen molar-refractivity contribution in [2.45, 2.75) is 31.1 Å². The number of halogens is 1. The fourth-order valence-corrected chi connectivity index (χ4v) is 4.46. The molecule has 110 valence electrons. The van der Waals surface area contributed by atoms with E-state index < -0.39 is 22.0 Å². The molecule has 1 N–H and O–H groups in total. The number of benzene rings is 1. The van der Waals surface area contributed by atoms with Gasteiger partial charge in [-0.3, -0.25) is 4.79 Å². The van der Waals surface area contributed by atoms with Crippen LogP contribution in [0.15, 0.2) is 24.3 Å². The summed E-state index contributed by atoms with van der Waals surface area (Å²) in [5.41, 5.74) is 0.490. The van der Waals surface area contributed by atoms with Crippen LogP contribution in [0, 0.1) is 0 Å². The Hall–Kier alpha value is -1.11. The fourth-order valence-electron chi connectivity index (χ4n) is 2.38. The van der Waals surface area contributed by atoms with E-state index in [1.165, 1.54) is 0 Å². The lowest BCUT2D eigenvalue weighted by atomic mass is 10.1. The van der Waals surface area contributed by atoms with Crippen LogP contribution in [0.3, 0.4) is 0 Å². The molecule has 20 heavy (non-hydrogen) atoms. The van der Waals surface area contributed by atoms with Gasteiger partial charge in [-0.05, 0) is 30.9 Å². The molecule has 0 amide bonds. The topological polar surface area (TPSA) is 74.7 Å². The van der Waals surface area contributed by atoms with Crippen molar-refractivity contribution in [1.82, 2.24) is 4.31 Å². The molecule has 1 aliphatic rings. The van der Waals surface area contributed by atoms with Gasteiger partial charge in [-0.1, -0.05) is 29.8 Å². The third-order valence-electron chi connectivity index (χ3n) is 3.39. The summed E-state index contributed by atoms with van der Waals surface area (Å²) in [5, 5.41) is 9.54. The Labute approximate surface area is 123 Å². The molecule has 7 heteroatoms. The van der Waals surface area contributed by atoms with Gasteiger partial charge in [0.05, 0.1) is 5.75 Å². The van der Waals surface area contributed by atoms with Crippen LogP contribution >= 0.6 is 11.6 Å². The molecular weight excluding hydrogens is 302 g/mol. The number of piperidine rings is 1. The third kappa shape index (κ3) is 3.31. The van der Waals surface area contributed by atoms with Crippen molar-refractivity contribution >= 4 is 27.6 Å². The average Bonchev–Trinajstić information content (AvgIpc) is 2.41. The number of carboxylic acid groups (broad SMARTS) is 1. The molecule has 0 radical (unpaired) electrons. The van der Waals surface area contributed by atoms with Gasteiger partial charge >= 0.3 is 5.97 Å². The highest BCUT2D eigenvalue weighted by Gasteiger charge is 2.36. The molecule has 1 aromatic rings. The van der Waals surface area contributed by atoms with Gasteiger partial charge in [-0.25, -0.2) is 8.42 Å². The standard InChI is InChI=1S/C13H16ClNO4S/c14-11-6-2-1-5-10(11)9-20(18,19)15-8-4-3-7-12(15)13(16)17/h1-2,5-6,12H,3-4,7-9H2,(H,16,17)/t12-/m1/s1. The van der Waals surface area contributed by atoms with E-state index in [9.17, 15) is 13.2 Å². The predicted molar refractivity (Wildman–Crippen MR) is 76.1 cm³/mol. The molecule has 1 fully saturated rings. The zero-order chi connectivity index (χ0) is 14.8. The van der Waals surface area contributed by atoms with E-state index in [1.54, 1.807) is 24.3 Å². The van der Waals surface area contributed by atoms with E-state index in [0.717, 1.165) is 10.7 Å². The van der Waals surface area contributed by atoms with Crippen molar-refractivity contribution in [3.8, 4) is 0 Å². The van der Waals surface area contributed by atoms with E-state index in [4.69, 9.17) is 16.7 Å². The van der Waals surface area contributed by atoms with E-state index in [1.807, 2.05) is 0 Å². The third-order valence-corrected chi connectivity index (χ3v) is 5.59. The number of carbonyl (C=O) groups is 1. The molecule has 0 aliphatic carbocycles. The van der Waals surface area contributed by atoms with Crippen LogP contribution in [0.25, 0.3) is 0 Å². The molecule has 2 rings (SSSR count). The van der Waals surface area contributed by atoms with E-state index >= 15 is 0 Å². The summed E-state index contributed by atoms with van der Waals surface area (Å²) in [5.74, 6) is -1.36. The molecule has 0 spiro atoms. The second kappa shape index (κ2) is 6.11. The van der Waals surface area contributed by atoms with Crippen molar-refractivity contribution in [3.63, 3.8) is 0 Å². The lowest BCUT2D eigenvalue weighted by Crippen LogP contribution is -2.48. The monoisotopic (exact) mass is 317 g/mol. The van der Waals surface area contributed by atoms with Gasteiger partial charge in [0, 0.05) is 11.6 Å². The summed E-state index contributed by atoms with van der Waals surface area (Å²) in [7, 11) is -3.69. The number of hydrogen-bond donors (Lipinski definition) is 1. The van der Waals surface area contributed by atoms with Crippen LogP contribution in [0.4, 0.5) is 0 Å². The largest absolute Gasteiger partial charge is 0.480 e. The lowest BCUT2D eigenvalue weighted by Gasteiger charge is -2.31. The number of rotatable bonds is 4. The summed E-state index contributed by atoms with van der Waals surface area (Å²) in [6, 6.07) is 5.73.